The molecule has 0 aliphatic rings. The van der Waals surface area contributed by atoms with E-state index in [1.165, 1.54) is 0 Å². The molecule has 2 aromatic rings. The molecule has 1 N–H and O–H groups in total. The first-order chi connectivity index (χ1) is 9.54. The van der Waals surface area contributed by atoms with E-state index >= 15 is 0 Å². The van der Waals surface area contributed by atoms with Crippen molar-refractivity contribution in [3.05, 3.63) is 58.6 Å². The van der Waals surface area contributed by atoms with E-state index in [0.29, 0.717) is 21.5 Å². The molecule has 0 unspecified atom stereocenters. The summed E-state index contributed by atoms with van der Waals surface area (Å²) in [6.07, 6.45) is -0.619. The number of hydrogen-bond donors (Lipinski definition) is 1. The molecule has 0 saturated heterocycles. The van der Waals surface area contributed by atoms with E-state index in [1.807, 2.05) is 0 Å². The Kier molecular flexibility index (Phi) is 4.88. The zero-order valence-electron chi connectivity index (χ0n) is 10.8. The van der Waals surface area contributed by atoms with Crippen LogP contribution < -0.4 is 10.1 Å². The summed E-state index contributed by atoms with van der Waals surface area (Å²) in [6.45, 7) is 1.68. The summed E-state index contributed by atoms with van der Waals surface area (Å²) < 4.78 is 5.53. The molecule has 3 nitrogen and oxygen atoms in total. The van der Waals surface area contributed by atoms with Crippen molar-refractivity contribution < 1.29 is 9.53 Å². The van der Waals surface area contributed by atoms with Gasteiger partial charge in [0.05, 0.1) is 0 Å². The SMILES string of the molecule is C[C@@H](Oc1ccc(Cl)cc1)C(=O)Nc1ccc(Cl)cc1. The Hall–Kier alpha value is -1.71. The Morgan fingerprint density at radius 1 is 1.00 bits per heavy atom. The van der Waals surface area contributed by atoms with Gasteiger partial charge in [-0.1, -0.05) is 23.2 Å². The summed E-state index contributed by atoms with van der Waals surface area (Å²) >= 11 is 11.6. The van der Waals surface area contributed by atoms with Crippen molar-refractivity contribution in [1.82, 2.24) is 0 Å². The minimum atomic E-state index is -0.619. The largest absolute Gasteiger partial charge is 0.481 e. The number of amides is 1. The third-order valence-corrected chi connectivity index (χ3v) is 3.11. The molecular formula is C15H13Cl2NO2. The molecule has 104 valence electrons. The summed E-state index contributed by atoms with van der Waals surface area (Å²) in [7, 11) is 0. The topological polar surface area (TPSA) is 38.3 Å². The van der Waals surface area contributed by atoms with Gasteiger partial charge >= 0.3 is 0 Å². The first-order valence-corrected chi connectivity index (χ1v) is 6.79. The highest BCUT2D eigenvalue weighted by molar-refractivity contribution is 6.30. The van der Waals surface area contributed by atoms with Crippen LogP contribution in [0.4, 0.5) is 5.69 Å². The second-order valence-corrected chi connectivity index (χ2v) is 5.08. The van der Waals surface area contributed by atoms with Crippen molar-refractivity contribution in [2.75, 3.05) is 5.32 Å². The molecule has 0 aromatic heterocycles. The maximum atomic E-state index is 12.0. The van der Waals surface area contributed by atoms with Gasteiger partial charge in [0.1, 0.15) is 5.75 Å². The van der Waals surface area contributed by atoms with Gasteiger partial charge in [-0.3, -0.25) is 4.79 Å². The lowest BCUT2D eigenvalue weighted by atomic mass is 10.3. The molecule has 5 heteroatoms. The monoisotopic (exact) mass is 309 g/mol. The van der Waals surface area contributed by atoms with E-state index in [-0.39, 0.29) is 5.91 Å². The molecule has 0 aliphatic heterocycles. The molecule has 0 fully saturated rings. The molecule has 0 bridgehead atoms. The van der Waals surface area contributed by atoms with Crippen LogP contribution in [0.15, 0.2) is 48.5 Å². The van der Waals surface area contributed by atoms with Crippen molar-refractivity contribution in [3.8, 4) is 5.75 Å². The second kappa shape index (κ2) is 6.64. The van der Waals surface area contributed by atoms with Crippen LogP contribution in [0.1, 0.15) is 6.92 Å². The Labute approximate surface area is 127 Å². The van der Waals surface area contributed by atoms with Crippen LogP contribution in [0.3, 0.4) is 0 Å². The summed E-state index contributed by atoms with van der Waals surface area (Å²) in [6, 6.07) is 13.7. The van der Waals surface area contributed by atoms with Gasteiger partial charge in [0.25, 0.3) is 5.91 Å². The smallest absolute Gasteiger partial charge is 0.265 e. The first-order valence-electron chi connectivity index (χ1n) is 6.03. The fourth-order valence-electron chi connectivity index (χ4n) is 1.55. The Balaban J connectivity index is 1.94. The van der Waals surface area contributed by atoms with E-state index in [0.717, 1.165) is 0 Å². The van der Waals surface area contributed by atoms with Crippen molar-refractivity contribution in [2.24, 2.45) is 0 Å². The Bertz CT molecular complexity index is 582. The maximum absolute atomic E-state index is 12.0. The average Bonchev–Trinajstić information content (AvgIpc) is 2.44. The van der Waals surface area contributed by atoms with Crippen LogP contribution in [0.25, 0.3) is 0 Å². The van der Waals surface area contributed by atoms with Gasteiger partial charge in [0.2, 0.25) is 0 Å². The van der Waals surface area contributed by atoms with Crippen molar-refractivity contribution in [3.63, 3.8) is 0 Å². The first kappa shape index (κ1) is 14.7. The Morgan fingerprint density at radius 2 is 1.50 bits per heavy atom. The highest BCUT2D eigenvalue weighted by Gasteiger charge is 2.14. The number of carbonyl (C=O) groups is 1. The van der Waals surface area contributed by atoms with E-state index in [4.69, 9.17) is 27.9 Å². The molecule has 1 atom stereocenters. The third-order valence-electron chi connectivity index (χ3n) is 2.61. The third kappa shape index (κ3) is 4.15. The summed E-state index contributed by atoms with van der Waals surface area (Å²) in [5.41, 5.74) is 0.672. The van der Waals surface area contributed by atoms with Crippen LogP contribution in [0, 0.1) is 0 Å². The van der Waals surface area contributed by atoms with Crippen LogP contribution in [-0.2, 0) is 4.79 Å². The normalized spacial score (nSPS) is 11.8. The molecule has 2 rings (SSSR count). The number of benzene rings is 2. The zero-order valence-corrected chi connectivity index (χ0v) is 12.3. The number of ether oxygens (including phenoxy) is 1. The molecule has 2 aromatic carbocycles. The van der Waals surface area contributed by atoms with E-state index in [1.54, 1.807) is 55.5 Å². The van der Waals surface area contributed by atoms with Crippen LogP contribution >= 0.6 is 23.2 Å². The van der Waals surface area contributed by atoms with Crippen LogP contribution in [-0.4, -0.2) is 12.0 Å². The Morgan fingerprint density at radius 3 is 2.05 bits per heavy atom. The minimum absolute atomic E-state index is 0.234. The molecular weight excluding hydrogens is 297 g/mol. The van der Waals surface area contributed by atoms with Crippen molar-refractivity contribution >= 4 is 34.8 Å². The number of rotatable bonds is 4. The molecule has 0 aliphatic carbocycles. The molecule has 0 radical (unpaired) electrons. The summed E-state index contributed by atoms with van der Waals surface area (Å²) in [5, 5.41) is 3.99. The molecule has 0 heterocycles. The second-order valence-electron chi connectivity index (χ2n) is 4.21. The molecule has 0 spiro atoms. The lowest BCUT2D eigenvalue weighted by Gasteiger charge is -2.14. The minimum Gasteiger partial charge on any atom is -0.481 e. The number of anilines is 1. The van der Waals surface area contributed by atoms with Gasteiger partial charge in [-0.05, 0) is 55.5 Å². The van der Waals surface area contributed by atoms with Gasteiger partial charge in [0.15, 0.2) is 6.10 Å². The zero-order chi connectivity index (χ0) is 14.5. The molecule has 0 saturated carbocycles. The van der Waals surface area contributed by atoms with Crippen LogP contribution in [0.5, 0.6) is 5.75 Å². The highest BCUT2D eigenvalue weighted by atomic mass is 35.5. The molecule has 1 amide bonds. The van der Waals surface area contributed by atoms with Crippen LogP contribution in [0.2, 0.25) is 10.0 Å². The number of carbonyl (C=O) groups excluding carboxylic acids is 1. The van der Waals surface area contributed by atoms with E-state index < -0.39 is 6.10 Å². The number of hydrogen-bond acceptors (Lipinski definition) is 2. The van der Waals surface area contributed by atoms with Gasteiger partial charge in [0, 0.05) is 15.7 Å². The quantitative estimate of drug-likeness (QED) is 0.909. The van der Waals surface area contributed by atoms with Crippen molar-refractivity contribution in [2.45, 2.75) is 13.0 Å². The van der Waals surface area contributed by atoms with E-state index in [9.17, 15) is 4.79 Å². The standard InChI is InChI=1S/C15H13Cl2NO2/c1-10(20-14-8-4-12(17)5-9-14)15(19)18-13-6-2-11(16)3-7-13/h2-10H,1H3,(H,18,19)/t10-/m1/s1. The van der Waals surface area contributed by atoms with Crippen molar-refractivity contribution in [1.29, 1.82) is 0 Å². The predicted octanol–water partition coefficient (Wildman–Crippen LogP) is 4.40. The van der Waals surface area contributed by atoms with Gasteiger partial charge < -0.3 is 10.1 Å². The summed E-state index contributed by atoms with van der Waals surface area (Å²) in [5.74, 6) is 0.357. The maximum Gasteiger partial charge on any atom is 0.265 e. The number of nitrogens with one attached hydrogen (secondary N) is 1. The fraction of sp³-hybridized carbons (Fsp3) is 0.133. The molecule has 20 heavy (non-hydrogen) atoms. The van der Waals surface area contributed by atoms with E-state index in [2.05, 4.69) is 5.32 Å². The van der Waals surface area contributed by atoms with Gasteiger partial charge in [-0.2, -0.15) is 0 Å². The highest BCUT2D eigenvalue weighted by Crippen LogP contribution is 2.18. The average molecular weight is 310 g/mol. The lowest BCUT2D eigenvalue weighted by Crippen LogP contribution is -2.30. The fourth-order valence-corrected chi connectivity index (χ4v) is 1.80. The van der Waals surface area contributed by atoms with Gasteiger partial charge in [-0.15, -0.1) is 0 Å². The predicted molar refractivity (Wildman–Crippen MR) is 81.6 cm³/mol. The number of halogens is 2. The summed E-state index contributed by atoms with van der Waals surface area (Å²) in [4.78, 5) is 12.0. The lowest BCUT2D eigenvalue weighted by molar-refractivity contribution is -0.122. The van der Waals surface area contributed by atoms with Gasteiger partial charge in [-0.25, -0.2) is 0 Å².